The second kappa shape index (κ2) is 5.72. The summed E-state index contributed by atoms with van der Waals surface area (Å²) in [5.41, 5.74) is 4.40. The normalized spacial score (nSPS) is 23.7. The second-order valence-electron chi connectivity index (χ2n) is 6.74. The van der Waals surface area contributed by atoms with Crippen molar-refractivity contribution in [2.75, 3.05) is 31.6 Å². The van der Waals surface area contributed by atoms with E-state index in [1.165, 1.54) is 30.8 Å². The molecule has 3 nitrogen and oxygen atoms in total. The van der Waals surface area contributed by atoms with E-state index in [0.717, 1.165) is 24.1 Å². The highest BCUT2D eigenvalue weighted by Crippen LogP contribution is 2.33. The first-order chi connectivity index (χ1) is 11.2. The van der Waals surface area contributed by atoms with Gasteiger partial charge in [0.25, 0.3) is 0 Å². The van der Waals surface area contributed by atoms with Gasteiger partial charge in [-0.05, 0) is 61.3 Å². The van der Waals surface area contributed by atoms with Gasteiger partial charge >= 0.3 is 0 Å². The summed E-state index contributed by atoms with van der Waals surface area (Å²) in [6, 6.07) is 19.5. The number of rotatable bonds is 2. The summed E-state index contributed by atoms with van der Waals surface area (Å²) in [4.78, 5) is 5.03. The van der Waals surface area contributed by atoms with Crippen LogP contribution in [-0.2, 0) is 0 Å². The van der Waals surface area contributed by atoms with Gasteiger partial charge in [-0.25, -0.2) is 0 Å². The van der Waals surface area contributed by atoms with Gasteiger partial charge < -0.3 is 9.80 Å². The molecule has 0 aromatic heterocycles. The van der Waals surface area contributed by atoms with Crippen LogP contribution in [0.5, 0.6) is 0 Å². The number of benzene rings is 2. The van der Waals surface area contributed by atoms with Gasteiger partial charge in [0.05, 0.1) is 11.6 Å². The maximum atomic E-state index is 8.88. The SMILES string of the molecule is CN1CC[C@H]2CN(c3ccc(-c4ccc(C#N)cc4)cc3)C[C@H]21. The van der Waals surface area contributed by atoms with Gasteiger partial charge in [-0.15, -0.1) is 0 Å². The Bertz CT molecular complexity index is 727. The maximum absolute atomic E-state index is 8.88. The molecule has 0 saturated carbocycles. The molecule has 2 aliphatic heterocycles. The molecular weight excluding hydrogens is 282 g/mol. The molecule has 0 N–H and O–H groups in total. The third-order valence-corrected chi connectivity index (χ3v) is 5.41. The quantitative estimate of drug-likeness (QED) is 0.852. The first-order valence-corrected chi connectivity index (χ1v) is 8.30. The first kappa shape index (κ1) is 14.3. The van der Waals surface area contributed by atoms with Gasteiger partial charge in [-0.3, -0.25) is 0 Å². The zero-order valence-corrected chi connectivity index (χ0v) is 13.4. The Balaban J connectivity index is 1.51. The summed E-state index contributed by atoms with van der Waals surface area (Å²) >= 11 is 0. The van der Waals surface area contributed by atoms with E-state index in [0.29, 0.717) is 5.56 Å². The Labute approximate surface area is 137 Å². The van der Waals surface area contributed by atoms with Crippen LogP contribution in [-0.4, -0.2) is 37.6 Å². The number of hydrogen-bond donors (Lipinski definition) is 0. The molecule has 0 amide bonds. The third kappa shape index (κ3) is 2.60. The number of nitrogens with zero attached hydrogens (tertiary/aromatic N) is 3. The van der Waals surface area contributed by atoms with E-state index in [2.05, 4.69) is 47.2 Å². The summed E-state index contributed by atoms with van der Waals surface area (Å²) in [5.74, 6) is 0.832. The molecule has 0 unspecified atom stereocenters. The van der Waals surface area contributed by atoms with Crippen molar-refractivity contribution < 1.29 is 0 Å². The maximum Gasteiger partial charge on any atom is 0.0991 e. The highest BCUT2D eigenvalue weighted by molar-refractivity contribution is 5.67. The number of fused-ring (bicyclic) bond motifs is 1. The van der Waals surface area contributed by atoms with Crippen molar-refractivity contribution in [1.82, 2.24) is 4.90 Å². The van der Waals surface area contributed by atoms with Crippen molar-refractivity contribution in [2.24, 2.45) is 5.92 Å². The Morgan fingerprint density at radius 3 is 2.22 bits per heavy atom. The van der Waals surface area contributed by atoms with Crippen molar-refractivity contribution >= 4 is 5.69 Å². The largest absolute Gasteiger partial charge is 0.370 e. The molecule has 2 saturated heterocycles. The smallest absolute Gasteiger partial charge is 0.0991 e. The van der Waals surface area contributed by atoms with Gasteiger partial charge in [-0.2, -0.15) is 5.26 Å². The minimum Gasteiger partial charge on any atom is -0.370 e. The second-order valence-corrected chi connectivity index (χ2v) is 6.74. The van der Waals surface area contributed by atoms with Crippen LogP contribution in [0.25, 0.3) is 11.1 Å². The van der Waals surface area contributed by atoms with Crippen molar-refractivity contribution in [1.29, 1.82) is 5.26 Å². The molecule has 2 fully saturated rings. The zero-order valence-electron chi connectivity index (χ0n) is 13.4. The van der Waals surface area contributed by atoms with Gasteiger partial charge in [0.1, 0.15) is 0 Å². The number of hydrogen-bond acceptors (Lipinski definition) is 3. The monoisotopic (exact) mass is 303 g/mol. The third-order valence-electron chi connectivity index (χ3n) is 5.41. The lowest BCUT2D eigenvalue weighted by atomic mass is 10.0. The topological polar surface area (TPSA) is 30.3 Å². The molecule has 116 valence electrons. The molecule has 2 aromatic carbocycles. The highest BCUT2D eigenvalue weighted by Gasteiger charge is 2.39. The fourth-order valence-electron chi connectivity index (χ4n) is 3.99. The molecule has 23 heavy (non-hydrogen) atoms. The number of anilines is 1. The predicted molar refractivity (Wildman–Crippen MR) is 93.3 cm³/mol. The van der Waals surface area contributed by atoms with E-state index in [1.54, 1.807) is 0 Å². The lowest BCUT2D eigenvalue weighted by Gasteiger charge is -2.22. The van der Waals surface area contributed by atoms with Gasteiger partial charge in [0, 0.05) is 24.8 Å². The molecular formula is C20H21N3. The van der Waals surface area contributed by atoms with Crippen molar-refractivity contribution in [3.63, 3.8) is 0 Å². The zero-order chi connectivity index (χ0) is 15.8. The number of nitriles is 1. The van der Waals surface area contributed by atoms with E-state index < -0.39 is 0 Å². The van der Waals surface area contributed by atoms with Crippen LogP contribution in [0, 0.1) is 17.2 Å². The molecule has 4 rings (SSSR count). The molecule has 0 spiro atoms. The highest BCUT2D eigenvalue weighted by atomic mass is 15.3. The summed E-state index contributed by atoms with van der Waals surface area (Å²) < 4.78 is 0. The minimum absolute atomic E-state index is 0.707. The van der Waals surface area contributed by atoms with Crippen LogP contribution in [0.4, 0.5) is 5.69 Å². The molecule has 0 aliphatic carbocycles. The van der Waals surface area contributed by atoms with Crippen LogP contribution >= 0.6 is 0 Å². The fraction of sp³-hybridized carbons (Fsp3) is 0.350. The van der Waals surface area contributed by atoms with Crippen LogP contribution in [0.3, 0.4) is 0 Å². The lowest BCUT2D eigenvalue weighted by Crippen LogP contribution is -2.32. The minimum atomic E-state index is 0.707. The molecule has 3 heteroatoms. The van der Waals surface area contributed by atoms with E-state index in [9.17, 15) is 0 Å². The van der Waals surface area contributed by atoms with Crippen LogP contribution < -0.4 is 4.90 Å². The van der Waals surface area contributed by atoms with Crippen molar-refractivity contribution in [2.45, 2.75) is 12.5 Å². The number of likely N-dealkylation sites (N-methyl/N-ethyl adjacent to an activating group) is 1. The van der Waals surface area contributed by atoms with Crippen molar-refractivity contribution in [3.05, 3.63) is 54.1 Å². The summed E-state index contributed by atoms with van der Waals surface area (Å²) in [6.45, 7) is 3.59. The van der Waals surface area contributed by atoms with E-state index in [1.807, 2.05) is 24.3 Å². The van der Waals surface area contributed by atoms with Crippen molar-refractivity contribution in [3.8, 4) is 17.2 Å². The van der Waals surface area contributed by atoms with Gasteiger partial charge in [-0.1, -0.05) is 24.3 Å². The van der Waals surface area contributed by atoms with Crippen LogP contribution in [0.2, 0.25) is 0 Å². The van der Waals surface area contributed by atoms with E-state index >= 15 is 0 Å². The van der Waals surface area contributed by atoms with Crippen LogP contribution in [0.1, 0.15) is 12.0 Å². The molecule has 2 atom stereocenters. The van der Waals surface area contributed by atoms with E-state index in [4.69, 9.17) is 5.26 Å². The average Bonchev–Trinajstić information content (AvgIpc) is 3.18. The Morgan fingerprint density at radius 1 is 0.957 bits per heavy atom. The number of likely N-dealkylation sites (tertiary alicyclic amines) is 1. The summed E-state index contributed by atoms with van der Waals surface area (Å²) in [7, 11) is 2.25. The standard InChI is InChI=1S/C20H21N3/c1-22-11-10-18-13-23(14-20(18)22)19-8-6-17(7-9-19)16-4-2-15(12-21)3-5-16/h2-9,18,20H,10-11,13-14H2,1H3/t18-,20+/m0/s1. The lowest BCUT2D eigenvalue weighted by molar-refractivity contribution is 0.310. The van der Waals surface area contributed by atoms with Crippen LogP contribution in [0.15, 0.2) is 48.5 Å². The Hall–Kier alpha value is -2.31. The summed E-state index contributed by atoms with van der Waals surface area (Å²) in [5, 5.41) is 8.88. The first-order valence-electron chi connectivity index (χ1n) is 8.30. The summed E-state index contributed by atoms with van der Waals surface area (Å²) in [6.07, 6.45) is 1.33. The van der Waals surface area contributed by atoms with Gasteiger partial charge in [0.15, 0.2) is 0 Å². The fourth-order valence-corrected chi connectivity index (χ4v) is 3.99. The Kier molecular flexibility index (Phi) is 3.55. The van der Waals surface area contributed by atoms with Gasteiger partial charge in [0.2, 0.25) is 0 Å². The van der Waals surface area contributed by atoms with E-state index in [-0.39, 0.29) is 0 Å². The molecule has 2 aromatic rings. The predicted octanol–water partition coefficient (Wildman–Crippen LogP) is 3.37. The molecule has 0 radical (unpaired) electrons. The molecule has 0 bridgehead atoms. The average molecular weight is 303 g/mol. The Morgan fingerprint density at radius 2 is 1.61 bits per heavy atom. The molecule has 2 heterocycles. The molecule has 2 aliphatic rings.